The van der Waals surface area contributed by atoms with Crippen LogP contribution in [0, 0.1) is 12.8 Å². The fraction of sp³-hybridized carbons (Fsp3) is 0.714. The van der Waals surface area contributed by atoms with Crippen molar-refractivity contribution in [1.82, 2.24) is 9.97 Å². The highest BCUT2D eigenvalue weighted by atomic mass is 15.3. The Balaban J connectivity index is 2.26. The van der Waals surface area contributed by atoms with Gasteiger partial charge in [0.15, 0.2) is 0 Å². The van der Waals surface area contributed by atoms with Crippen LogP contribution in [0.2, 0.25) is 0 Å². The summed E-state index contributed by atoms with van der Waals surface area (Å²) in [5.74, 6) is 8.72. The summed E-state index contributed by atoms with van der Waals surface area (Å²) >= 11 is 0. The Morgan fingerprint density at radius 2 is 1.89 bits per heavy atom. The number of nitrogen functional groups attached to an aromatic ring is 1. The van der Waals surface area contributed by atoms with E-state index in [1.54, 1.807) is 0 Å². The lowest BCUT2D eigenvalue weighted by molar-refractivity contribution is 0.339. The zero-order valence-electron chi connectivity index (χ0n) is 11.7. The molecule has 1 heterocycles. The second kappa shape index (κ2) is 5.65. The molecule has 0 radical (unpaired) electrons. The van der Waals surface area contributed by atoms with E-state index in [4.69, 9.17) is 10.8 Å². The van der Waals surface area contributed by atoms with E-state index in [-0.39, 0.29) is 0 Å². The largest absolute Gasteiger partial charge is 0.308 e. The van der Waals surface area contributed by atoms with Gasteiger partial charge in [-0.2, -0.15) is 0 Å². The van der Waals surface area contributed by atoms with Crippen LogP contribution >= 0.6 is 0 Å². The minimum atomic E-state index is 0.512. The smallest absolute Gasteiger partial charge is 0.147 e. The van der Waals surface area contributed by atoms with Gasteiger partial charge in [0.05, 0.1) is 0 Å². The number of aryl methyl sites for hydroxylation is 1. The number of nitrogens with two attached hydrogens (primary N) is 1. The van der Waals surface area contributed by atoms with E-state index in [2.05, 4.69) is 31.2 Å². The van der Waals surface area contributed by atoms with Gasteiger partial charge in [0.25, 0.3) is 0 Å². The van der Waals surface area contributed by atoms with E-state index in [1.807, 2.05) is 0 Å². The molecular weight excluding hydrogens is 224 g/mol. The molecule has 18 heavy (non-hydrogen) atoms. The SMILES string of the molecule is CCc1c(C)nc(C2CCC(C)CC2)nc1NN. The number of nitrogens with one attached hydrogen (secondary N) is 1. The van der Waals surface area contributed by atoms with Crippen molar-refractivity contribution in [3.8, 4) is 0 Å². The fourth-order valence-corrected chi connectivity index (χ4v) is 2.86. The topological polar surface area (TPSA) is 63.8 Å². The van der Waals surface area contributed by atoms with E-state index >= 15 is 0 Å². The van der Waals surface area contributed by atoms with Crippen LogP contribution in [0.4, 0.5) is 5.82 Å². The molecule has 1 aromatic heterocycles. The molecule has 0 aliphatic heterocycles. The third kappa shape index (κ3) is 2.64. The van der Waals surface area contributed by atoms with Crippen molar-refractivity contribution in [1.29, 1.82) is 0 Å². The standard InChI is InChI=1S/C14H24N4/c1-4-12-10(3)16-13(17-14(12)18-15)11-7-5-9(2)6-8-11/h9,11H,4-8,15H2,1-3H3,(H,16,17,18). The van der Waals surface area contributed by atoms with Gasteiger partial charge in [-0.25, -0.2) is 15.8 Å². The van der Waals surface area contributed by atoms with Crippen LogP contribution in [-0.4, -0.2) is 9.97 Å². The number of nitrogens with zero attached hydrogens (tertiary/aromatic N) is 2. The molecule has 1 saturated carbocycles. The third-order valence-corrected chi connectivity index (χ3v) is 4.10. The van der Waals surface area contributed by atoms with Crippen LogP contribution in [0.3, 0.4) is 0 Å². The van der Waals surface area contributed by atoms with Crippen molar-refractivity contribution >= 4 is 5.82 Å². The summed E-state index contributed by atoms with van der Waals surface area (Å²) < 4.78 is 0. The Hall–Kier alpha value is -1.16. The van der Waals surface area contributed by atoms with Crippen LogP contribution in [-0.2, 0) is 6.42 Å². The van der Waals surface area contributed by atoms with Crippen molar-refractivity contribution in [2.75, 3.05) is 5.43 Å². The predicted molar refractivity (Wildman–Crippen MR) is 74.3 cm³/mol. The molecule has 0 aromatic carbocycles. The van der Waals surface area contributed by atoms with Crippen LogP contribution < -0.4 is 11.3 Å². The summed E-state index contributed by atoms with van der Waals surface area (Å²) in [4.78, 5) is 9.32. The van der Waals surface area contributed by atoms with Crippen molar-refractivity contribution in [3.05, 3.63) is 17.1 Å². The van der Waals surface area contributed by atoms with Gasteiger partial charge in [0.1, 0.15) is 11.6 Å². The number of rotatable bonds is 3. The minimum Gasteiger partial charge on any atom is -0.308 e. The predicted octanol–water partition coefficient (Wildman–Crippen LogP) is 2.93. The van der Waals surface area contributed by atoms with E-state index < -0.39 is 0 Å². The summed E-state index contributed by atoms with van der Waals surface area (Å²) in [5.41, 5.74) is 4.92. The first-order valence-corrected chi connectivity index (χ1v) is 6.99. The van der Waals surface area contributed by atoms with E-state index in [9.17, 15) is 0 Å². The molecule has 100 valence electrons. The van der Waals surface area contributed by atoms with Gasteiger partial charge in [0, 0.05) is 17.2 Å². The van der Waals surface area contributed by atoms with Crippen LogP contribution in [0.25, 0.3) is 0 Å². The molecule has 0 amide bonds. The Labute approximate surface area is 109 Å². The molecule has 1 aromatic rings. The lowest BCUT2D eigenvalue weighted by Gasteiger charge is -2.25. The lowest BCUT2D eigenvalue weighted by atomic mass is 9.82. The highest BCUT2D eigenvalue weighted by Gasteiger charge is 2.23. The number of hydrogen-bond donors (Lipinski definition) is 2. The Kier molecular flexibility index (Phi) is 4.17. The van der Waals surface area contributed by atoms with Crippen molar-refractivity contribution in [2.24, 2.45) is 11.8 Å². The third-order valence-electron chi connectivity index (χ3n) is 4.10. The molecule has 0 unspecified atom stereocenters. The first kappa shape index (κ1) is 13.3. The summed E-state index contributed by atoms with van der Waals surface area (Å²) in [7, 11) is 0. The number of hydrogen-bond acceptors (Lipinski definition) is 4. The highest BCUT2D eigenvalue weighted by molar-refractivity contribution is 5.45. The Morgan fingerprint density at radius 1 is 1.22 bits per heavy atom. The maximum absolute atomic E-state index is 5.58. The van der Waals surface area contributed by atoms with Crippen LogP contribution in [0.5, 0.6) is 0 Å². The van der Waals surface area contributed by atoms with Gasteiger partial charge >= 0.3 is 0 Å². The Bertz CT molecular complexity index is 409. The molecule has 0 bridgehead atoms. The summed E-state index contributed by atoms with van der Waals surface area (Å²) in [6, 6.07) is 0. The maximum atomic E-state index is 5.58. The molecular formula is C14H24N4. The second-order valence-electron chi connectivity index (χ2n) is 5.45. The van der Waals surface area contributed by atoms with Gasteiger partial charge < -0.3 is 5.43 Å². The van der Waals surface area contributed by atoms with Gasteiger partial charge in [0.2, 0.25) is 0 Å². The summed E-state index contributed by atoms with van der Waals surface area (Å²) in [6.45, 7) is 6.49. The average molecular weight is 248 g/mol. The molecule has 2 rings (SSSR count). The van der Waals surface area contributed by atoms with E-state index in [1.165, 1.54) is 25.7 Å². The van der Waals surface area contributed by atoms with E-state index in [0.29, 0.717) is 5.92 Å². The molecule has 0 spiro atoms. The van der Waals surface area contributed by atoms with Crippen LogP contribution in [0.15, 0.2) is 0 Å². The lowest BCUT2D eigenvalue weighted by Crippen LogP contribution is -2.18. The van der Waals surface area contributed by atoms with E-state index in [0.717, 1.165) is 35.2 Å². The van der Waals surface area contributed by atoms with Gasteiger partial charge in [-0.3, -0.25) is 0 Å². The van der Waals surface area contributed by atoms with Crippen molar-refractivity contribution in [2.45, 2.75) is 58.8 Å². The number of aromatic nitrogens is 2. The van der Waals surface area contributed by atoms with Crippen LogP contribution in [0.1, 0.15) is 62.5 Å². The van der Waals surface area contributed by atoms with Gasteiger partial charge in [-0.1, -0.05) is 26.7 Å². The number of anilines is 1. The van der Waals surface area contributed by atoms with Crippen molar-refractivity contribution < 1.29 is 0 Å². The first-order valence-electron chi connectivity index (χ1n) is 6.99. The van der Waals surface area contributed by atoms with Gasteiger partial charge in [-0.15, -0.1) is 0 Å². The fourth-order valence-electron chi connectivity index (χ4n) is 2.86. The zero-order valence-corrected chi connectivity index (χ0v) is 11.7. The molecule has 4 heteroatoms. The summed E-state index contributed by atoms with van der Waals surface area (Å²) in [6.07, 6.45) is 5.89. The number of hydrazine groups is 1. The van der Waals surface area contributed by atoms with Gasteiger partial charge in [-0.05, 0) is 32.1 Å². The molecule has 0 atom stereocenters. The maximum Gasteiger partial charge on any atom is 0.147 e. The zero-order chi connectivity index (χ0) is 13.1. The Morgan fingerprint density at radius 3 is 2.44 bits per heavy atom. The molecule has 3 N–H and O–H groups in total. The molecule has 1 aliphatic rings. The minimum absolute atomic E-state index is 0.512. The quantitative estimate of drug-likeness (QED) is 0.637. The monoisotopic (exact) mass is 248 g/mol. The molecule has 4 nitrogen and oxygen atoms in total. The molecule has 0 saturated heterocycles. The molecule has 1 aliphatic carbocycles. The second-order valence-corrected chi connectivity index (χ2v) is 5.45. The molecule has 1 fully saturated rings. The highest BCUT2D eigenvalue weighted by Crippen LogP contribution is 2.34. The first-order chi connectivity index (χ1) is 8.65. The summed E-state index contributed by atoms with van der Waals surface area (Å²) in [5, 5.41) is 0. The average Bonchev–Trinajstić information content (AvgIpc) is 2.38. The normalized spacial score (nSPS) is 24.0. The van der Waals surface area contributed by atoms with Crippen molar-refractivity contribution in [3.63, 3.8) is 0 Å².